The molecule has 0 radical (unpaired) electrons. The van der Waals surface area contributed by atoms with Crippen molar-refractivity contribution in [2.45, 2.75) is 24.9 Å². The fourth-order valence-electron chi connectivity index (χ4n) is 4.26. The molecule has 0 saturated heterocycles. The van der Waals surface area contributed by atoms with Crippen LogP contribution in [-0.2, 0) is 17.6 Å². The topological polar surface area (TPSA) is 52.7 Å². The summed E-state index contributed by atoms with van der Waals surface area (Å²) in [4.78, 5) is 29.7. The lowest BCUT2D eigenvalue weighted by Gasteiger charge is -2.43. The van der Waals surface area contributed by atoms with Crippen LogP contribution in [0.15, 0.2) is 48.5 Å². The van der Waals surface area contributed by atoms with Gasteiger partial charge in [-0.05, 0) is 49.7 Å². The summed E-state index contributed by atoms with van der Waals surface area (Å²) in [6.07, 6.45) is 1.47. The smallest absolute Gasteiger partial charge is 0.251 e. The highest BCUT2D eigenvalue weighted by Gasteiger charge is 2.39. The minimum absolute atomic E-state index is 0.0363. The summed E-state index contributed by atoms with van der Waals surface area (Å²) in [6, 6.07) is 15.7. The maximum atomic E-state index is 13.5. The normalized spacial score (nSPS) is 19.4. The molecule has 140 valence electrons. The minimum atomic E-state index is -0.223. The average molecular weight is 363 g/mol. The number of carbonyl (C=O) groups is 2. The molecule has 0 fully saturated rings. The van der Waals surface area contributed by atoms with Crippen molar-refractivity contribution in [3.05, 3.63) is 70.8 Å². The first kappa shape index (κ1) is 17.7. The molecule has 27 heavy (non-hydrogen) atoms. The molecular weight excluding hydrogens is 338 g/mol. The molecule has 2 amide bonds. The van der Waals surface area contributed by atoms with Gasteiger partial charge in [-0.3, -0.25) is 14.5 Å². The van der Waals surface area contributed by atoms with Crippen molar-refractivity contribution in [1.82, 2.24) is 15.1 Å². The molecule has 1 N–H and O–H groups in total. The second-order valence-corrected chi connectivity index (χ2v) is 7.55. The van der Waals surface area contributed by atoms with E-state index < -0.39 is 0 Å². The van der Waals surface area contributed by atoms with Crippen LogP contribution in [-0.4, -0.2) is 54.8 Å². The SMILES string of the molecule is CN(C)[C@@H](Cc1ccccc1)C(=O)N1CCc2cccc3c2C1CNC3=O. The highest BCUT2D eigenvalue weighted by molar-refractivity contribution is 5.98. The van der Waals surface area contributed by atoms with Gasteiger partial charge in [0, 0.05) is 18.7 Å². The van der Waals surface area contributed by atoms with Crippen molar-refractivity contribution in [2.75, 3.05) is 27.2 Å². The lowest BCUT2D eigenvalue weighted by molar-refractivity contribution is -0.139. The number of nitrogens with one attached hydrogen (secondary N) is 1. The van der Waals surface area contributed by atoms with E-state index in [1.807, 2.05) is 54.2 Å². The second-order valence-electron chi connectivity index (χ2n) is 7.55. The molecule has 2 aromatic carbocycles. The summed E-state index contributed by atoms with van der Waals surface area (Å²) in [5, 5.41) is 2.96. The highest BCUT2D eigenvalue weighted by Crippen LogP contribution is 2.35. The first-order valence-electron chi connectivity index (χ1n) is 9.47. The van der Waals surface area contributed by atoms with Gasteiger partial charge in [0.25, 0.3) is 5.91 Å². The molecule has 2 atom stereocenters. The van der Waals surface area contributed by atoms with E-state index in [1.165, 1.54) is 5.56 Å². The highest BCUT2D eigenvalue weighted by atomic mass is 16.2. The van der Waals surface area contributed by atoms with Crippen molar-refractivity contribution < 1.29 is 9.59 Å². The molecule has 1 unspecified atom stereocenters. The van der Waals surface area contributed by atoms with E-state index in [9.17, 15) is 9.59 Å². The summed E-state index contributed by atoms with van der Waals surface area (Å²) >= 11 is 0. The van der Waals surface area contributed by atoms with E-state index in [2.05, 4.69) is 23.5 Å². The van der Waals surface area contributed by atoms with Gasteiger partial charge < -0.3 is 10.2 Å². The average Bonchev–Trinajstić information content (AvgIpc) is 2.69. The molecule has 4 rings (SSSR count). The third kappa shape index (κ3) is 3.23. The lowest BCUT2D eigenvalue weighted by atomic mass is 9.85. The number of rotatable bonds is 4. The molecule has 5 heteroatoms. The number of amides is 2. The summed E-state index contributed by atoms with van der Waals surface area (Å²) in [5.74, 6) is 0.0938. The van der Waals surface area contributed by atoms with Crippen molar-refractivity contribution >= 4 is 11.8 Å². The number of benzene rings is 2. The zero-order valence-electron chi connectivity index (χ0n) is 15.8. The molecule has 2 aromatic rings. The third-order valence-electron chi connectivity index (χ3n) is 5.69. The summed E-state index contributed by atoms with van der Waals surface area (Å²) < 4.78 is 0. The van der Waals surface area contributed by atoms with E-state index >= 15 is 0 Å². The van der Waals surface area contributed by atoms with E-state index in [1.54, 1.807) is 0 Å². The fourth-order valence-corrected chi connectivity index (χ4v) is 4.26. The first-order valence-corrected chi connectivity index (χ1v) is 9.47. The molecule has 0 aliphatic carbocycles. The minimum Gasteiger partial charge on any atom is -0.350 e. The van der Waals surface area contributed by atoms with Crippen molar-refractivity contribution in [3.63, 3.8) is 0 Å². The van der Waals surface area contributed by atoms with Gasteiger partial charge in [-0.2, -0.15) is 0 Å². The molecule has 0 aromatic heterocycles. The Bertz CT molecular complexity index is 863. The van der Waals surface area contributed by atoms with Crippen molar-refractivity contribution in [2.24, 2.45) is 0 Å². The number of hydrogen-bond donors (Lipinski definition) is 1. The van der Waals surface area contributed by atoms with Gasteiger partial charge in [-0.15, -0.1) is 0 Å². The van der Waals surface area contributed by atoms with Crippen LogP contribution < -0.4 is 5.32 Å². The molecule has 0 saturated carbocycles. The number of nitrogens with zero attached hydrogens (tertiary/aromatic N) is 2. The molecule has 0 bridgehead atoms. The fraction of sp³-hybridized carbons (Fsp3) is 0.364. The van der Waals surface area contributed by atoms with Crippen molar-refractivity contribution in [1.29, 1.82) is 0 Å². The monoisotopic (exact) mass is 363 g/mol. The Kier molecular flexibility index (Phi) is 4.70. The van der Waals surface area contributed by atoms with Gasteiger partial charge in [0.1, 0.15) is 0 Å². The Balaban J connectivity index is 1.64. The van der Waals surface area contributed by atoms with Gasteiger partial charge in [-0.1, -0.05) is 42.5 Å². The van der Waals surface area contributed by atoms with Crippen LogP contribution in [0.5, 0.6) is 0 Å². The Morgan fingerprint density at radius 1 is 1.19 bits per heavy atom. The van der Waals surface area contributed by atoms with E-state index in [-0.39, 0.29) is 23.9 Å². The molecule has 0 spiro atoms. The quantitative estimate of drug-likeness (QED) is 0.904. The summed E-state index contributed by atoms with van der Waals surface area (Å²) in [5.41, 5.74) is 4.10. The Morgan fingerprint density at radius 3 is 2.70 bits per heavy atom. The number of hydrogen-bond acceptors (Lipinski definition) is 3. The van der Waals surface area contributed by atoms with Crippen LogP contribution in [0.25, 0.3) is 0 Å². The van der Waals surface area contributed by atoms with Crippen LogP contribution in [0.4, 0.5) is 0 Å². The number of likely N-dealkylation sites (N-methyl/N-ethyl adjacent to an activating group) is 1. The second kappa shape index (κ2) is 7.16. The van der Waals surface area contributed by atoms with Crippen LogP contribution in [0.1, 0.15) is 33.1 Å². The van der Waals surface area contributed by atoms with E-state index in [4.69, 9.17) is 0 Å². The van der Waals surface area contributed by atoms with E-state index in [0.29, 0.717) is 25.1 Å². The molecule has 2 heterocycles. The van der Waals surface area contributed by atoms with Gasteiger partial charge in [0.2, 0.25) is 5.91 Å². The Morgan fingerprint density at radius 2 is 1.96 bits per heavy atom. The Labute approximate surface area is 160 Å². The third-order valence-corrected chi connectivity index (χ3v) is 5.69. The van der Waals surface area contributed by atoms with Gasteiger partial charge in [0.05, 0.1) is 12.1 Å². The van der Waals surface area contributed by atoms with Crippen LogP contribution in [0.3, 0.4) is 0 Å². The molecule has 5 nitrogen and oxygen atoms in total. The lowest BCUT2D eigenvalue weighted by Crippen LogP contribution is -2.54. The predicted octanol–water partition coefficient (Wildman–Crippen LogP) is 2.03. The first-order chi connectivity index (χ1) is 13.1. The summed E-state index contributed by atoms with van der Waals surface area (Å²) in [7, 11) is 3.91. The van der Waals surface area contributed by atoms with Crippen LogP contribution >= 0.6 is 0 Å². The zero-order valence-corrected chi connectivity index (χ0v) is 15.8. The predicted molar refractivity (Wildman–Crippen MR) is 105 cm³/mol. The molecule has 2 aliphatic heterocycles. The van der Waals surface area contributed by atoms with Crippen molar-refractivity contribution in [3.8, 4) is 0 Å². The largest absolute Gasteiger partial charge is 0.350 e. The van der Waals surface area contributed by atoms with E-state index in [0.717, 1.165) is 17.5 Å². The zero-order chi connectivity index (χ0) is 19.0. The summed E-state index contributed by atoms with van der Waals surface area (Å²) in [6.45, 7) is 1.18. The number of carbonyl (C=O) groups excluding carboxylic acids is 2. The van der Waals surface area contributed by atoms with Crippen LogP contribution in [0.2, 0.25) is 0 Å². The maximum absolute atomic E-state index is 13.5. The molecular formula is C22H25N3O2. The Hall–Kier alpha value is -2.66. The van der Waals surface area contributed by atoms with Gasteiger partial charge in [-0.25, -0.2) is 0 Å². The standard InChI is InChI=1S/C22H25N3O2/c1-24(2)18(13-15-7-4-3-5-8-15)22(27)25-12-11-16-9-6-10-17-20(16)19(25)14-23-21(17)26/h3-10,18-19H,11-14H2,1-2H3,(H,23,26)/t18-,19?/m0/s1. The maximum Gasteiger partial charge on any atom is 0.251 e. The van der Waals surface area contributed by atoms with Gasteiger partial charge in [0.15, 0.2) is 0 Å². The molecule has 2 aliphatic rings. The van der Waals surface area contributed by atoms with Crippen LogP contribution in [0, 0.1) is 0 Å². The van der Waals surface area contributed by atoms with Gasteiger partial charge >= 0.3 is 0 Å².